The smallest absolute Gasteiger partial charge is 0.128 e. The first kappa shape index (κ1) is 9.97. The zero-order chi connectivity index (χ0) is 11.0. The van der Waals surface area contributed by atoms with Crippen LogP contribution in [-0.2, 0) is 0 Å². The monoisotopic (exact) mass is 201 g/mol. The lowest BCUT2D eigenvalue weighted by Crippen LogP contribution is -1.93. The summed E-state index contributed by atoms with van der Waals surface area (Å²) in [6.07, 6.45) is 0. The van der Waals surface area contributed by atoms with Gasteiger partial charge in [-0.05, 0) is 44.0 Å². The zero-order valence-electron chi connectivity index (χ0n) is 9.59. The summed E-state index contributed by atoms with van der Waals surface area (Å²) in [6, 6.07) is 6.14. The first-order chi connectivity index (χ1) is 7.13. The second-order valence-electron chi connectivity index (χ2n) is 3.89. The second kappa shape index (κ2) is 3.54. The van der Waals surface area contributed by atoms with Gasteiger partial charge in [0.25, 0.3) is 0 Å². The van der Waals surface area contributed by atoms with Gasteiger partial charge < -0.3 is 4.74 Å². The highest BCUT2D eigenvalue weighted by Gasteiger charge is 2.08. The van der Waals surface area contributed by atoms with E-state index in [0.717, 1.165) is 22.3 Å². The van der Waals surface area contributed by atoms with Crippen molar-refractivity contribution in [3.05, 3.63) is 35.0 Å². The molecular formula is C13H15NO. The Morgan fingerprint density at radius 3 is 2.47 bits per heavy atom. The van der Waals surface area contributed by atoms with E-state index in [4.69, 9.17) is 4.74 Å². The summed E-state index contributed by atoms with van der Waals surface area (Å²) in [4.78, 5) is 4.56. The van der Waals surface area contributed by atoms with Crippen LogP contribution < -0.4 is 4.74 Å². The molecule has 0 aliphatic heterocycles. The molecule has 0 aliphatic rings. The Bertz CT molecular complexity index is 517. The molecule has 0 aliphatic carbocycles. The van der Waals surface area contributed by atoms with Crippen LogP contribution in [0.4, 0.5) is 0 Å². The van der Waals surface area contributed by atoms with E-state index in [0.29, 0.717) is 0 Å². The number of hydrogen-bond donors (Lipinski definition) is 0. The van der Waals surface area contributed by atoms with Crippen molar-refractivity contribution in [2.45, 2.75) is 20.8 Å². The fourth-order valence-corrected chi connectivity index (χ4v) is 1.97. The topological polar surface area (TPSA) is 22.1 Å². The molecule has 1 aromatic heterocycles. The minimum atomic E-state index is 0.903. The summed E-state index contributed by atoms with van der Waals surface area (Å²) in [6.45, 7) is 6.19. The first-order valence-corrected chi connectivity index (χ1v) is 5.05. The Kier molecular flexibility index (Phi) is 2.35. The lowest BCUT2D eigenvalue weighted by atomic mass is 10.0. The fourth-order valence-electron chi connectivity index (χ4n) is 1.97. The van der Waals surface area contributed by atoms with Gasteiger partial charge in [-0.1, -0.05) is 6.07 Å². The van der Waals surface area contributed by atoms with Crippen LogP contribution in [0.25, 0.3) is 10.9 Å². The molecule has 0 radical (unpaired) electrons. The number of aromatic nitrogens is 1. The molecule has 1 aromatic carbocycles. The number of fused-ring (bicyclic) bond motifs is 1. The number of methoxy groups -OCH3 is 1. The van der Waals surface area contributed by atoms with Gasteiger partial charge in [-0.15, -0.1) is 0 Å². The van der Waals surface area contributed by atoms with Crippen LogP contribution in [0.5, 0.6) is 5.75 Å². The van der Waals surface area contributed by atoms with Crippen LogP contribution >= 0.6 is 0 Å². The van der Waals surface area contributed by atoms with E-state index < -0.39 is 0 Å². The maximum absolute atomic E-state index is 5.36. The number of benzene rings is 1. The van der Waals surface area contributed by atoms with Crippen molar-refractivity contribution in [2.75, 3.05) is 7.11 Å². The van der Waals surface area contributed by atoms with E-state index in [9.17, 15) is 0 Å². The van der Waals surface area contributed by atoms with Crippen molar-refractivity contribution >= 4 is 10.9 Å². The molecule has 2 nitrogen and oxygen atoms in total. The minimum Gasteiger partial charge on any atom is -0.496 e. The van der Waals surface area contributed by atoms with E-state index in [1.807, 2.05) is 19.1 Å². The third kappa shape index (κ3) is 1.56. The normalized spacial score (nSPS) is 10.7. The summed E-state index contributed by atoms with van der Waals surface area (Å²) >= 11 is 0. The molecule has 0 spiro atoms. The molecule has 78 valence electrons. The molecule has 0 amide bonds. The Balaban J connectivity index is 2.93. The summed E-state index contributed by atoms with van der Waals surface area (Å²) in [5.41, 5.74) is 4.51. The highest BCUT2D eigenvalue weighted by Crippen LogP contribution is 2.29. The van der Waals surface area contributed by atoms with Crippen molar-refractivity contribution in [1.82, 2.24) is 4.98 Å². The standard InChI is InChI=1S/C13H15NO/c1-8-5-6-11(15-4)12-9(2)7-10(3)14-13(8)12/h5-7H,1-4H3. The number of ether oxygens (including phenoxy) is 1. The summed E-state index contributed by atoms with van der Waals surface area (Å²) in [7, 11) is 1.70. The lowest BCUT2D eigenvalue weighted by molar-refractivity contribution is 0.419. The first-order valence-electron chi connectivity index (χ1n) is 5.05. The molecule has 0 fully saturated rings. The van der Waals surface area contributed by atoms with Crippen LogP contribution in [-0.4, -0.2) is 12.1 Å². The van der Waals surface area contributed by atoms with E-state index in [2.05, 4.69) is 24.9 Å². The molecule has 0 atom stereocenters. The van der Waals surface area contributed by atoms with Crippen LogP contribution in [0.3, 0.4) is 0 Å². The Morgan fingerprint density at radius 1 is 1.07 bits per heavy atom. The molecule has 0 bridgehead atoms. The van der Waals surface area contributed by atoms with Gasteiger partial charge in [0.15, 0.2) is 0 Å². The SMILES string of the molecule is COc1ccc(C)c2nc(C)cc(C)c12. The van der Waals surface area contributed by atoms with Crippen LogP contribution in [0, 0.1) is 20.8 Å². The van der Waals surface area contributed by atoms with E-state index in [1.165, 1.54) is 11.1 Å². The average molecular weight is 201 g/mol. The van der Waals surface area contributed by atoms with Crippen molar-refractivity contribution in [2.24, 2.45) is 0 Å². The van der Waals surface area contributed by atoms with Crippen molar-refractivity contribution < 1.29 is 4.74 Å². The predicted molar refractivity (Wildman–Crippen MR) is 62.5 cm³/mol. The quantitative estimate of drug-likeness (QED) is 0.707. The van der Waals surface area contributed by atoms with Gasteiger partial charge in [-0.2, -0.15) is 0 Å². The Labute approximate surface area is 89.9 Å². The maximum atomic E-state index is 5.36. The predicted octanol–water partition coefficient (Wildman–Crippen LogP) is 3.17. The van der Waals surface area contributed by atoms with Crippen LogP contribution in [0.1, 0.15) is 16.8 Å². The van der Waals surface area contributed by atoms with E-state index in [-0.39, 0.29) is 0 Å². The molecule has 0 saturated heterocycles. The van der Waals surface area contributed by atoms with E-state index in [1.54, 1.807) is 7.11 Å². The number of rotatable bonds is 1. The highest BCUT2D eigenvalue weighted by molar-refractivity contribution is 5.90. The summed E-state index contributed by atoms with van der Waals surface area (Å²) < 4.78 is 5.36. The molecule has 0 unspecified atom stereocenters. The van der Waals surface area contributed by atoms with Gasteiger partial charge >= 0.3 is 0 Å². The zero-order valence-corrected chi connectivity index (χ0v) is 9.59. The number of nitrogens with zero attached hydrogens (tertiary/aromatic N) is 1. The molecule has 2 rings (SSSR count). The lowest BCUT2D eigenvalue weighted by Gasteiger charge is -2.10. The highest BCUT2D eigenvalue weighted by atomic mass is 16.5. The van der Waals surface area contributed by atoms with Gasteiger partial charge in [0.2, 0.25) is 0 Å². The summed E-state index contributed by atoms with van der Waals surface area (Å²) in [5.74, 6) is 0.903. The molecule has 0 N–H and O–H groups in total. The Hall–Kier alpha value is -1.57. The van der Waals surface area contributed by atoms with Gasteiger partial charge in [0, 0.05) is 11.1 Å². The average Bonchev–Trinajstić information content (AvgIpc) is 2.19. The number of hydrogen-bond acceptors (Lipinski definition) is 2. The van der Waals surface area contributed by atoms with Crippen molar-refractivity contribution in [3.63, 3.8) is 0 Å². The van der Waals surface area contributed by atoms with Crippen molar-refractivity contribution in [3.8, 4) is 5.75 Å². The third-order valence-corrected chi connectivity index (χ3v) is 2.67. The molecule has 2 aromatic rings. The van der Waals surface area contributed by atoms with Crippen molar-refractivity contribution in [1.29, 1.82) is 0 Å². The van der Waals surface area contributed by atoms with E-state index >= 15 is 0 Å². The molecular weight excluding hydrogens is 186 g/mol. The summed E-state index contributed by atoms with van der Waals surface area (Å²) in [5, 5.41) is 1.13. The largest absolute Gasteiger partial charge is 0.496 e. The van der Waals surface area contributed by atoms with Crippen LogP contribution in [0.15, 0.2) is 18.2 Å². The van der Waals surface area contributed by atoms with Gasteiger partial charge in [-0.3, -0.25) is 4.98 Å². The Morgan fingerprint density at radius 2 is 1.80 bits per heavy atom. The molecule has 0 saturated carbocycles. The second-order valence-corrected chi connectivity index (χ2v) is 3.89. The van der Waals surface area contributed by atoms with Gasteiger partial charge in [0.1, 0.15) is 5.75 Å². The number of pyridine rings is 1. The van der Waals surface area contributed by atoms with Gasteiger partial charge in [-0.25, -0.2) is 0 Å². The van der Waals surface area contributed by atoms with Gasteiger partial charge in [0.05, 0.1) is 12.6 Å². The third-order valence-electron chi connectivity index (χ3n) is 2.67. The molecule has 2 heteroatoms. The molecule has 15 heavy (non-hydrogen) atoms. The molecule has 1 heterocycles. The maximum Gasteiger partial charge on any atom is 0.128 e. The number of aryl methyl sites for hydroxylation is 3. The van der Waals surface area contributed by atoms with Crippen LogP contribution in [0.2, 0.25) is 0 Å². The fraction of sp³-hybridized carbons (Fsp3) is 0.308. The minimum absolute atomic E-state index is 0.903.